The molecule has 11 aromatic carbocycles. The molecule has 0 amide bonds. The summed E-state index contributed by atoms with van der Waals surface area (Å²) in [5, 5.41) is 11.6. The van der Waals surface area contributed by atoms with Gasteiger partial charge in [0.15, 0.2) is 11.2 Å². The average molecular weight is 867 g/mol. The zero-order chi connectivity index (χ0) is 44.5. The number of benzene rings is 11. The largest absolute Gasteiger partial charge is 0.454 e. The predicted molar refractivity (Wildman–Crippen MR) is 283 cm³/mol. The van der Waals surface area contributed by atoms with Crippen molar-refractivity contribution in [3.05, 3.63) is 231 Å². The molecule has 4 nitrogen and oxygen atoms in total. The van der Waals surface area contributed by atoms with Crippen LogP contribution in [0, 0.1) is 0 Å². The lowest BCUT2D eigenvalue weighted by molar-refractivity contribution is 0.670. The summed E-state index contributed by atoms with van der Waals surface area (Å²) in [4.78, 5) is 0. The number of hydrogen-bond donors (Lipinski definition) is 0. The summed E-state index contributed by atoms with van der Waals surface area (Å²) in [6.07, 6.45) is 0. The minimum atomic E-state index is 0.890. The van der Waals surface area contributed by atoms with E-state index >= 15 is 0 Å². The maximum absolute atomic E-state index is 6.77. The number of nitrogens with zero attached hydrogens (tertiary/aromatic N) is 2. The Morgan fingerprint density at radius 1 is 0.265 bits per heavy atom. The Labute approximate surface area is 389 Å². The molecule has 0 spiro atoms. The number of fused-ring (bicyclic) bond motifs is 15. The van der Waals surface area contributed by atoms with Gasteiger partial charge in [0, 0.05) is 54.2 Å². The molecule has 0 radical (unpaired) electrons. The van der Waals surface area contributed by atoms with Gasteiger partial charge in [0.2, 0.25) is 0 Å². The molecule has 0 bridgehead atoms. The first-order valence-corrected chi connectivity index (χ1v) is 23.2. The Bertz CT molecular complexity index is 4530. The lowest BCUT2D eigenvalue weighted by Crippen LogP contribution is -1.96. The van der Waals surface area contributed by atoms with E-state index in [1.54, 1.807) is 0 Å². The van der Waals surface area contributed by atoms with Crippen molar-refractivity contribution in [3.63, 3.8) is 0 Å². The molecule has 0 N–H and O–H groups in total. The monoisotopic (exact) mass is 866 g/mol. The Morgan fingerprint density at radius 3 is 1.49 bits per heavy atom. The highest BCUT2D eigenvalue weighted by Crippen LogP contribution is 2.46. The van der Waals surface area contributed by atoms with Crippen molar-refractivity contribution in [3.8, 4) is 44.8 Å². The smallest absolute Gasteiger partial charge is 0.160 e. The first kappa shape index (κ1) is 37.1. The summed E-state index contributed by atoms with van der Waals surface area (Å²) in [6, 6.07) is 83.1. The van der Waals surface area contributed by atoms with Crippen molar-refractivity contribution in [1.82, 2.24) is 9.13 Å². The van der Waals surface area contributed by atoms with Crippen molar-refractivity contribution in [2.24, 2.45) is 0 Å². The highest BCUT2D eigenvalue weighted by Gasteiger charge is 2.23. The fraction of sp³-hybridized carbons (Fsp3) is 0. The molecule has 0 atom stereocenters. The van der Waals surface area contributed by atoms with Crippen LogP contribution in [0.25, 0.3) is 143 Å². The molecule has 68 heavy (non-hydrogen) atoms. The van der Waals surface area contributed by atoms with Crippen LogP contribution in [0.1, 0.15) is 0 Å². The van der Waals surface area contributed by atoms with E-state index in [9.17, 15) is 0 Å². The summed E-state index contributed by atoms with van der Waals surface area (Å²) < 4.78 is 18.3. The highest BCUT2D eigenvalue weighted by molar-refractivity contribution is 6.25. The molecule has 0 saturated heterocycles. The summed E-state index contributed by atoms with van der Waals surface area (Å²) in [6.45, 7) is 0. The van der Waals surface area contributed by atoms with Crippen LogP contribution < -0.4 is 0 Å². The van der Waals surface area contributed by atoms with Gasteiger partial charge in [-0.15, -0.1) is 0 Å². The number of furan rings is 2. The fourth-order valence-electron chi connectivity index (χ4n) is 11.3. The molecule has 0 fully saturated rings. The Morgan fingerprint density at radius 2 is 0.779 bits per heavy atom. The van der Waals surface area contributed by atoms with E-state index in [1.165, 1.54) is 49.2 Å². The van der Waals surface area contributed by atoms with Gasteiger partial charge in [-0.1, -0.05) is 176 Å². The summed E-state index contributed by atoms with van der Waals surface area (Å²) in [5.41, 5.74) is 17.3. The first-order valence-electron chi connectivity index (χ1n) is 23.2. The van der Waals surface area contributed by atoms with Gasteiger partial charge >= 0.3 is 0 Å². The summed E-state index contributed by atoms with van der Waals surface area (Å²) >= 11 is 0. The van der Waals surface area contributed by atoms with Crippen molar-refractivity contribution >= 4 is 98.3 Å². The van der Waals surface area contributed by atoms with Crippen LogP contribution in [0.4, 0.5) is 0 Å². The molecule has 4 heterocycles. The Balaban J connectivity index is 0.895. The van der Waals surface area contributed by atoms with E-state index in [-0.39, 0.29) is 0 Å². The predicted octanol–water partition coefficient (Wildman–Crippen LogP) is 17.8. The molecule has 316 valence electrons. The molecule has 0 unspecified atom stereocenters. The normalized spacial score (nSPS) is 12.1. The summed E-state index contributed by atoms with van der Waals surface area (Å²) in [7, 11) is 0. The van der Waals surface area contributed by atoms with Crippen molar-refractivity contribution < 1.29 is 8.83 Å². The first-order chi connectivity index (χ1) is 33.7. The Hall–Kier alpha value is -9.12. The van der Waals surface area contributed by atoms with E-state index in [4.69, 9.17) is 8.83 Å². The third-order valence-corrected chi connectivity index (χ3v) is 14.4. The van der Waals surface area contributed by atoms with Gasteiger partial charge < -0.3 is 18.0 Å². The zero-order valence-electron chi connectivity index (χ0n) is 36.7. The van der Waals surface area contributed by atoms with Crippen LogP contribution in [0.3, 0.4) is 0 Å². The lowest BCUT2D eigenvalue weighted by atomic mass is 9.94. The summed E-state index contributed by atoms with van der Waals surface area (Å²) in [5.74, 6) is 0. The zero-order valence-corrected chi connectivity index (χ0v) is 36.7. The third-order valence-electron chi connectivity index (χ3n) is 14.4. The van der Waals surface area contributed by atoms with E-state index < -0.39 is 0 Å². The van der Waals surface area contributed by atoms with Gasteiger partial charge in [0.25, 0.3) is 0 Å². The van der Waals surface area contributed by atoms with Crippen LogP contribution in [0.5, 0.6) is 0 Å². The SMILES string of the molecule is c1ccc(-c2ccc(-n3c4cccc(-c5ccc(-c6ccc(-n7c8ccccc8c8ccc9c%10ccccc%10oc9c87)c7ccccc67)cc5)c4c4ccc5c6ccccc6oc5c43)cc2)cc1. The quantitative estimate of drug-likeness (QED) is 0.173. The van der Waals surface area contributed by atoms with Crippen molar-refractivity contribution in [2.45, 2.75) is 0 Å². The molecule has 0 aliphatic rings. The fourth-order valence-corrected chi connectivity index (χ4v) is 11.3. The number of aromatic nitrogens is 2. The van der Waals surface area contributed by atoms with Crippen LogP contribution in [0.2, 0.25) is 0 Å². The van der Waals surface area contributed by atoms with E-state index in [0.717, 1.165) is 93.8 Å². The van der Waals surface area contributed by atoms with Crippen LogP contribution in [-0.4, -0.2) is 9.13 Å². The number of hydrogen-bond acceptors (Lipinski definition) is 2. The molecule has 0 aliphatic carbocycles. The van der Waals surface area contributed by atoms with Crippen molar-refractivity contribution in [1.29, 1.82) is 0 Å². The minimum Gasteiger partial charge on any atom is -0.454 e. The molecular formula is C64H38N2O2. The minimum absolute atomic E-state index is 0.890. The molecule has 4 heteroatoms. The average Bonchev–Trinajstić information content (AvgIpc) is 4.17. The standard InChI is InChI=1S/C64H38N2O2/c1-2-13-39(14-3-1)40-29-31-43(32-30-40)65-57-22-12-20-45(60(57)54-36-35-53-50-19-8-11-24-59(50)68-64(53)62(54)65)42-27-25-41(26-28-42)44-37-38-56(47-16-5-4-15-46(44)47)66-55-21-9-6-17-48(55)51-33-34-52-49-18-7-10-23-58(49)67-63(52)61(51)66/h1-38H. The van der Waals surface area contributed by atoms with Gasteiger partial charge in [-0.3, -0.25) is 0 Å². The second-order valence-corrected chi connectivity index (χ2v) is 17.9. The molecule has 4 aromatic heterocycles. The topological polar surface area (TPSA) is 36.1 Å². The molecule has 0 aliphatic heterocycles. The second-order valence-electron chi connectivity index (χ2n) is 17.9. The van der Waals surface area contributed by atoms with Crippen molar-refractivity contribution in [2.75, 3.05) is 0 Å². The van der Waals surface area contributed by atoms with E-state index in [2.05, 4.69) is 228 Å². The van der Waals surface area contributed by atoms with Gasteiger partial charge in [-0.25, -0.2) is 0 Å². The maximum Gasteiger partial charge on any atom is 0.160 e. The van der Waals surface area contributed by atoms with Gasteiger partial charge in [-0.05, 0) is 93.4 Å². The Kier molecular flexibility index (Phi) is 7.75. The van der Waals surface area contributed by atoms with Crippen LogP contribution in [0.15, 0.2) is 239 Å². The van der Waals surface area contributed by atoms with Gasteiger partial charge in [-0.2, -0.15) is 0 Å². The second kappa shape index (κ2) is 14.2. The lowest BCUT2D eigenvalue weighted by Gasteiger charge is -2.15. The van der Waals surface area contributed by atoms with Gasteiger partial charge in [0.1, 0.15) is 11.2 Å². The van der Waals surface area contributed by atoms with E-state index in [0.29, 0.717) is 0 Å². The van der Waals surface area contributed by atoms with Crippen LogP contribution >= 0.6 is 0 Å². The third kappa shape index (κ3) is 5.25. The number of rotatable bonds is 5. The molecule has 15 rings (SSSR count). The maximum atomic E-state index is 6.77. The van der Waals surface area contributed by atoms with Crippen LogP contribution in [-0.2, 0) is 0 Å². The van der Waals surface area contributed by atoms with E-state index in [1.807, 2.05) is 12.1 Å². The molecule has 0 saturated carbocycles. The molecule has 15 aromatic rings. The highest BCUT2D eigenvalue weighted by atomic mass is 16.3. The molecular weight excluding hydrogens is 829 g/mol. The number of para-hydroxylation sites is 3. The van der Waals surface area contributed by atoms with Gasteiger partial charge in [0.05, 0.1) is 27.8 Å².